The van der Waals surface area contributed by atoms with E-state index in [-0.39, 0.29) is 17.1 Å². The Morgan fingerprint density at radius 3 is 2.41 bits per heavy atom. The van der Waals surface area contributed by atoms with Gasteiger partial charge in [-0.25, -0.2) is 9.07 Å². The molecule has 1 amide bonds. The first-order chi connectivity index (χ1) is 14.0. The van der Waals surface area contributed by atoms with Gasteiger partial charge in [0.05, 0.1) is 31.2 Å². The van der Waals surface area contributed by atoms with E-state index in [1.807, 2.05) is 37.3 Å². The van der Waals surface area contributed by atoms with Crippen molar-refractivity contribution in [2.75, 3.05) is 19.5 Å². The first-order valence-corrected chi connectivity index (χ1v) is 9.41. The van der Waals surface area contributed by atoms with Crippen molar-refractivity contribution in [1.82, 2.24) is 9.78 Å². The standard InChI is InChI=1S/C22H22FN3O3/c1-13-20(14-9-10-14)25-26(15-7-5-4-6-8-15)21(13)24-22(27)16-11-18(28-2)19(29-3)12-17(16)23/h4-8,11-12,14H,9-10H2,1-3H3,(H,24,27). The predicted octanol–water partition coefficient (Wildman–Crippen LogP) is 4.47. The largest absolute Gasteiger partial charge is 0.493 e. The van der Waals surface area contributed by atoms with Gasteiger partial charge in [-0.05, 0) is 38.0 Å². The highest BCUT2D eigenvalue weighted by molar-refractivity contribution is 6.05. The topological polar surface area (TPSA) is 65.4 Å². The number of aromatic nitrogens is 2. The summed E-state index contributed by atoms with van der Waals surface area (Å²) in [5, 5.41) is 7.59. The quantitative estimate of drug-likeness (QED) is 0.669. The molecule has 0 spiro atoms. The summed E-state index contributed by atoms with van der Waals surface area (Å²) in [7, 11) is 2.85. The highest BCUT2D eigenvalue weighted by Crippen LogP contribution is 2.43. The van der Waals surface area contributed by atoms with Gasteiger partial charge in [0.2, 0.25) is 0 Å². The van der Waals surface area contributed by atoms with Crippen LogP contribution in [0.5, 0.6) is 11.5 Å². The Hall–Kier alpha value is -3.35. The average molecular weight is 395 g/mol. The Bertz CT molecular complexity index is 1060. The van der Waals surface area contributed by atoms with Crippen molar-refractivity contribution in [3.63, 3.8) is 0 Å². The Balaban J connectivity index is 1.74. The highest BCUT2D eigenvalue weighted by atomic mass is 19.1. The van der Waals surface area contributed by atoms with Crippen LogP contribution in [0.1, 0.15) is 40.4 Å². The third kappa shape index (κ3) is 3.55. The van der Waals surface area contributed by atoms with E-state index >= 15 is 0 Å². The molecule has 1 aliphatic carbocycles. The van der Waals surface area contributed by atoms with Crippen LogP contribution in [0.4, 0.5) is 10.2 Å². The van der Waals surface area contributed by atoms with Crippen LogP contribution in [0.25, 0.3) is 5.69 Å². The molecule has 1 aliphatic rings. The van der Waals surface area contributed by atoms with Crippen molar-refractivity contribution in [1.29, 1.82) is 0 Å². The van der Waals surface area contributed by atoms with E-state index < -0.39 is 11.7 Å². The number of carbonyl (C=O) groups excluding carboxylic acids is 1. The van der Waals surface area contributed by atoms with E-state index in [1.54, 1.807) is 4.68 Å². The molecule has 1 N–H and O–H groups in total. The maximum Gasteiger partial charge on any atom is 0.259 e. The highest BCUT2D eigenvalue weighted by Gasteiger charge is 2.31. The molecule has 29 heavy (non-hydrogen) atoms. The summed E-state index contributed by atoms with van der Waals surface area (Å²) in [4.78, 5) is 12.9. The number of hydrogen-bond acceptors (Lipinski definition) is 4. The van der Waals surface area contributed by atoms with Crippen molar-refractivity contribution in [2.45, 2.75) is 25.7 Å². The molecule has 1 saturated carbocycles. The number of benzene rings is 2. The minimum absolute atomic E-state index is 0.129. The fourth-order valence-corrected chi connectivity index (χ4v) is 3.36. The van der Waals surface area contributed by atoms with Crippen molar-refractivity contribution in [3.8, 4) is 17.2 Å². The summed E-state index contributed by atoms with van der Waals surface area (Å²) in [6.45, 7) is 1.93. The minimum Gasteiger partial charge on any atom is -0.493 e. The van der Waals surface area contributed by atoms with Crippen LogP contribution in [0, 0.1) is 12.7 Å². The smallest absolute Gasteiger partial charge is 0.259 e. The lowest BCUT2D eigenvalue weighted by molar-refractivity contribution is 0.102. The van der Waals surface area contributed by atoms with Gasteiger partial charge < -0.3 is 14.8 Å². The molecule has 3 aromatic rings. The van der Waals surface area contributed by atoms with Gasteiger partial charge in [-0.15, -0.1) is 0 Å². The second kappa shape index (κ2) is 7.58. The number of hydrogen-bond donors (Lipinski definition) is 1. The number of ether oxygens (including phenoxy) is 2. The van der Waals surface area contributed by atoms with E-state index in [0.717, 1.165) is 35.9 Å². The Morgan fingerprint density at radius 1 is 1.14 bits per heavy atom. The summed E-state index contributed by atoms with van der Waals surface area (Å²) >= 11 is 0. The van der Waals surface area contributed by atoms with Crippen LogP contribution in [-0.4, -0.2) is 29.9 Å². The Morgan fingerprint density at radius 2 is 1.79 bits per heavy atom. The number of para-hydroxylation sites is 1. The number of nitrogens with one attached hydrogen (secondary N) is 1. The van der Waals surface area contributed by atoms with Gasteiger partial charge in [-0.3, -0.25) is 4.79 Å². The predicted molar refractivity (Wildman–Crippen MR) is 108 cm³/mol. The van der Waals surface area contributed by atoms with Crippen LogP contribution in [0.3, 0.4) is 0 Å². The van der Waals surface area contributed by atoms with E-state index in [2.05, 4.69) is 5.32 Å². The first kappa shape index (κ1) is 19.0. The van der Waals surface area contributed by atoms with Crippen LogP contribution < -0.4 is 14.8 Å². The number of methoxy groups -OCH3 is 2. The number of carbonyl (C=O) groups is 1. The molecule has 1 aromatic heterocycles. The molecule has 150 valence electrons. The van der Waals surface area contributed by atoms with Crippen molar-refractivity contribution in [2.24, 2.45) is 0 Å². The molecular formula is C22H22FN3O3. The second-order valence-corrected chi connectivity index (χ2v) is 7.02. The normalized spacial score (nSPS) is 13.2. The molecule has 0 saturated heterocycles. The molecule has 2 aromatic carbocycles. The fourth-order valence-electron chi connectivity index (χ4n) is 3.36. The van der Waals surface area contributed by atoms with Crippen LogP contribution >= 0.6 is 0 Å². The van der Waals surface area contributed by atoms with E-state index in [0.29, 0.717) is 11.7 Å². The first-order valence-electron chi connectivity index (χ1n) is 9.41. The van der Waals surface area contributed by atoms with Crippen LogP contribution in [0.15, 0.2) is 42.5 Å². The minimum atomic E-state index is -0.689. The number of nitrogens with zero attached hydrogens (tertiary/aromatic N) is 2. The second-order valence-electron chi connectivity index (χ2n) is 7.02. The number of anilines is 1. The molecule has 6 nitrogen and oxygen atoms in total. The van der Waals surface area contributed by atoms with Gasteiger partial charge in [0.1, 0.15) is 11.6 Å². The third-order valence-corrected chi connectivity index (χ3v) is 5.07. The van der Waals surface area contributed by atoms with Crippen molar-refractivity contribution >= 4 is 11.7 Å². The molecule has 1 fully saturated rings. The third-order valence-electron chi connectivity index (χ3n) is 5.07. The number of rotatable bonds is 6. The summed E-state index contributed by atoms with van der Waals surface area (Å²) in [5.41, 5.74) is 2.56. The SMILES string of the molecule is COc1cc(F)c(C(=O)Nc2c(C)c(C3CC3)nn2-c2ccccc2)cc1OC. The maximum atomic E-state index is 14.6. The molecule has 7 heteroatoms. The maximum absolute atomic E-state index is 14.6. The Labute approximate surface area is 168 Å². The van der Waals surface area contributed by atoms with Gasteiger partial charge in [-0.2, -0.15) is 5.10 Å². The number of amides is 1. The average Bonchev–Trinajstić information content (AvgIpc) is 3.53. The zero-order valence-corrected chi connectivity index (χ0v) is 16.5. The lowest BCUT2D eigenvalue weighted by atomic mass is 10.1. The molecule has 0 radical (unpaired) electrons. The zero-order chi connectivity index (χ0) is 20.5. The summed E-state index contributed by atoms with van der Waals surface area (Å²) in [5.74, 6) is 0.191. The molecule has 0 atom stereocenters. The lowest BCUT2D eigenvalue weighted by Crippen LogP contribution is -2.17. The van der Waals surface area contributed by atoms with Gasteiger partial charge in [0, 0.05) is 17.5 Å². The zero-order valence-electron chi connectivity index (χ0n) is 16.5. The van der Waals surface area contributed by atoms with E-state index in [9.17, 15) is 9.18 Å². The van der Waals surface area contributed by atoms with Crippen LogP contribution in [0.2, 0.25) is 0 Å². The van der Waals surface area contributed by atoms with Crippen molar-refractivity contribution in [3.05, 3.63) is 65.1 Å². The molecule has 4 rings (SSSR count). The van der Waals surface area contributed by atoms with Gasteiger partial charge in [0.25, 0.3) is 5.91 Å². The fraction of sp³-hybridized carbons (Fsp3) is 0.273. The Kier molecular flexibility index (Phi) is 4.96. The van der Waals surface area contributed by atoms with Gasteiger partial charge in [-0.1, -0.05) is 18.2 Å². The molecule has 0 bridgehead atoms. The van der Waals surface area contributed by atoms with Gasteiger partial charge >= 0.3 is 0 Å². The summed E-state index contributed by atoms with van der Waals surface area (Å²) < 4.78 is 26.6. The van der Waals surface area contributed by atoms with E-state index in [1.165, 1.54) is 20.3 Å². The molecular weight excluding hydrogens is 373 g/mol. The van der Waals surface area contributed by atoms with Crippen molar-refractivity contribution < 1.29 is 18.7 Å². The molecule has 0 unspecified atom stereocenters. The summed E-state index contributed by atoms with van der Waals surface area (Å²) in [6.07, 6.45) is 2.18. The summed E-state index contributed by atoms with van der Waals surface area (Å²) in [6, 6.07) is 12.0. The van der Waals surface area contributed by atoms with Gasteiger partial charge in [0.15, 0.2) is 11.5 Å². The molecule has 1 heterocycles. The van der Waals surface area contributed by atoms with E-state index in [4.69, 9.17) is 14.6 Å². The monoisotopic (exact) mass is 395 g/mol. The van der Waals surface area contributed by atoms with Crippen LogP contribution in [-0.2, 0) is 0 Å². The molecule has 0 aliphatic heterocycles. The number of halogens is 1. The lowest BCUT2D eigenvalue weighted by Gasteiger charge is -2.13.